The standard InChI is InChI=1S/C13H24N2O2S/c1-2-18-12-5-3-4-11(12)15-13(16)8-10-9-14-6-7-17-10/h10-12,14H,2-9H2,1H3,(H,15,16). The van der Waals surface area contributed by atoms with Crippen molar-refractivity contribution >= 4 is 17.7 Å². The number of ether oxygens (including phenoxy) is 1. The van der Waals surface area contributed by atoms with Gasteiger partial charge in [0.25, 0.3) is 0 Å². The molecule has 2 aliphatic rings. The molecule has 3 unspecified atom stereocenters. The maximum atomic E-state index is 12.0. The minimum absolute atomic E-state index is 0.0532. The quantitative estimate of drug-likeness (QED) is 0.788. The van der Waals surface area contributed by atoms with Crippen LogP contribution < -0.4 is 10.6 Å². The van der Waals surface area contributed by atoms with Crippen molar-refractivity contribution in [2.45, 2.75) is 50.0 Å². The molecule has 0 aromatic heterocycles. The van der Waals surface area contributed by atoms with Crippen LogP contribution in [0.4, 0.5) is 0 Å². The zero-order valence-corrected chi connectivity index (χ0v) is 11.9. The van der Waals surface area contributed by atoms with Crippen LogP contribution >= 0.6 is 11.8 Å². The van der Waals surface area contributed by atoms with Crippen molar-refractivity contribution in [2.24, 2.45) is 0 Å². The number of amides is 1. The van der Waals surface area contributed by atoms with Crippen molar-refractivity contribution in [2.75, 3.05) is 25.4 Å². The van der Waals surface area contributed by atoms with Crippen LogP contribution in [0, 0.1) is 0 Å². The Balaban J connectivity index is 1.72. The van der Waals surface area contributed by atoms with Crippen LogP contribution in [0.3, 0.4) is 0 Å². The van der Waals surface area contributed by atoms with Crippen molar-refractivity contribution in [3.63, 3.8) is 0 Å². The van der Waals surface area contributed by atoms with Gasteiger partial charge in [-0.15, -0.1) is 0 Å². The number of nitrogens with one attached hydrogen (secondary N) is 2. The van der Waals surface area contributed by atoms with Gasteiger partial charge in [-0.1, -0.05) is 13.3 Å². The normalized spacial score (nSPS) is 32.4. The lowest BCUT2D eigenvalue weighted by Gasteiger charge is -2.25. The largest absolute Gasteiger partial charge is 0.375 e. The minimum Gasteiger partial charge on any atom is -0.375 e. The van der Waals surface area contributed by atoms with E-state index in [-0.39, 0.29) is 12.0 Å². The molecule has 2 fully saturated rings. The third-order valence-electron chi connectivity index (χ3n) is 3.60. The van der Waals surface area contributed by atoms with Gasteiger partial charge in [-0.25, -0.2) is 0 Å². The molecule has 1 amide bonds. The lowest BCUT2D eigenvalue weighted by Crippen LogP contribution is -2.44. The van der Waals surface area contributed by atoms with Gasteiger partial charge < -0.3 is 15.4 Å². The average Bonchev–Trinajstić information content (AvgIpc) is 2.78. The minimum atomic E-state index is 0.0532. The Kier molecular flexibility index (Phi) is 5.79. The van der Waals surface area contributed by atoms with Crippen LogP contribution in [-0.4, -0.2) is 48.8 Å². The molecular formula is C13H24N2O2S. The average molecular weight is 272 g/mol. The Morgan fingerprint density at radius 2 is 2.39 bits per heavy atom. The molecule has 1 aliphatic carbocycles. The van der Waals surface area contributed by atoms with Gasteiger partial charge in [-0.2, -0.15) is 11.8 Å². The van der Waals surface area contributed by atoms with Gasteiger partial charge in [0, 0.05) is 24.4 Å². The summed E-state index contributed by atoms with van der Waals surface area (Å²) in [7, 11) is 0. The molecule has 104 valence electrons. The maximum Gasteiger partial charge on any atom is 0.222 e. The van der Waals surface area contributed by atoms with Crippen LogP contribution in [0.2, 0.25) is 0 Å². The fourth-order valence-corrected chi connectivity index (χ4v) is 3.93. The molecule has 1 saturated carbocycles. The van der Waals surface area contributed by atoms with E-state index in [1.807, 2.05) is 11.8 Å². The van der Waals surface area contributed by atoms with Crippen molar-refractivity contribution in [1.82, 2.24) is 10.6 Å². The van der Waals surface area contributed by atoms with Crippen molar-refractivity contribution in [1.29, 1.82) is 0 Å². The van der Waals surface area contributed by atoms with E-state index in [0.29, 0.717) is 17.7 Å². The SMILES string of the molecule is CCSC1CCCC1NC(=O)CC1CNCCO1. The number of hydrogen-bond acceptors (Lipinski definition) is 4. The molecule has 4 nitrogen and oxygen atoms in total. The highest BCUT2D eigenvalue weighted by molar-refractivity contribution is 7.99. The van der Waals surface area contributed by atoms with Gasteiger partial charge in [0.15, 0.2) is 0 Å². The van der Waals surface area contributed by atoms with Crippen LogP contribution in [0.5, 0.6) is 0 Å². The van der Waals surface area contributed by atoms with Crippen LogP contribution in [0.1, 0.15) is 32.6 Å². The third-order valence-corrected chi connectivity index (χ3v) is 4.92. The molecule has 1 heterocycles. The predicted molar refractivity (Wildman–Crippen MR) is 74.9 cm³/mol. The van der Waals surface area contributed by atoms with Crippen molar-refractivity contribution < 1.29 is 9.53 Å². The first-order valence-corrected chi connectivity index (χ1v) is 8.07. The Labute approximate surface area is 114 Å². The van der Waals surface area contributed by atoms with Crippen LogP contribution in [0.15, 0.2) is 0 Å². The van der Waals surface area contributed by atoms with E-state index in [1.165, 1.54) is 12.8 Å². The first-order valence-electron chi connectivity index (χ1n) is 7.03. The van der Waals surface area contributed by atoms with Crippen molar-refractivity contribution in [3.8, 4) is 0 Å². The number of morpholine rings is 1. The fourth-order valence-electron chi connectivity index (χ4n) is 2.73. The maximum absolute atomic E-state index is 12.0. The summed E-state index contributed by atoms with van der Waals surface area (Å²) in [4.78, 5) is 12.0. The first-order chi connectivity index (χ1) is 8.79. The molecule has 0 bridgehead atoms. The van der Waals surface area contributed by atoms with E-state index < -0.39 is 0 Å². The molecule has 5 heteroatoms. The summed E-state index contributed by atoms with van der Waals surface area (Å²) in [5.74, 6) is 1.28. The van der Waals surface area contributed by atoms with Gasteiger partial charge >= 0.3 is 0 Å². The molecule has 0 aromatic rings. The van der Waals surface area contributed by atoms with E-state index in [9.17, 15) is 4.79 Å². The predicted octanol–water partition coefficient (Wildman–Crippen LogP) is 1.16. The zero-order chi connectivity index (χ0) is 12.8. The number of carbonyl (C=O) groups is 1. The Morgan fingerprint density at radius 3 is 3.11 bits per heavy atom. The molecule has 2 N–H and O–H groups in total. The number of carbonyl (C=O) groups excluding carboxylic acids is 1. The summed E-state index contributed by atoms with van der Waals surface area (Å²) in [5.41, 5.74) is 0. The van der Waals surface area contributed by atoms with Gasteiger partial charge in [0.1, 0.15) is 0 Å². The molecule has 0 aromatic carbocycles. The zero-order valence-electron chi connectivity index (χ0n) is 11.1. The van der Waals surface area contributed by atoms with E-state index >= 15 is 0 Å². The second-order valence-corrected chi connectivity index (χ2v) is 6.52. The molecule has 3 atom stereocenters. The number of thioether (sulfide) groups is 1. The van der Waals surface area contributed by atoms with E-state index in [2.05, 4.69) is 17.6 Å². The van der Waals surface area contributed by atoms with Gasteiger partial charge in [0.2, 0.25) is 5.91 Å². The molecule has 1 aliphatic heterocycles. The topological polar surface area (TPSA) is 50.4 Å². The summed E-state index contributed by atoms with van der Waals surface area (Å²) in [6, 6.07) is 0.374. The summed E-state index contributed by atoms with van der Waals surface area (Å²) in [6.07, 6.45) is 4.16. The Bertz CT molecular complexity index is 270. The van der Waals surface area contributed by atoms with Gasteiger partial charge in [-0.05, 0) is 18.6 Å². The third kappa shape index (κ3) is 4.14. The molecule has 1 saturated heterocycles. The Morgan fingerprint density at radius 1 is 1.50 bits per heavy atom. The highest BCUT2D eigenvalue weighted by Gasteiger charge is 2.29. The van der Waals surface area contributed by atoms with E-state index in [0.717, 1.165) is 31.9 Å². The molecule has 0 radical (unpaired) electrons. The molecular weight excluding hydrogens is 248 g/mol. The summed E-state index contributed by atoms with van der Waals surface area (Å²) < 4.78 is 5.56. The van der Waals surface area contributed by atoms with Crippen LogP contribution in [0.25, 0.3) is 0 Å². The van der Waals surface area contributed by atoms with Crippen LogP contribution in [-0.2, 0) is 9.53 Å². The first kappa shape index (κ1) is 14.2. The highest BCUT2D eigenvalue weighted by Crippen LogP contribution is 2.29. The number of hydrogen-bond donors (Lipinski definition) is 2. The summed E-state index contributed by atoms with van der Waals surface area (Å²) in [5, 5.41) is 7.06. The lowest BCUT2D eigenvalue weighted by atomic mass is 10.2. The molecule has 0 spiro atoms. The monoisotopic (exact) mass is 272 g/mol. The molecule has 18 heavy (non-hydrogen) atoms. The van der Waals surface area contributed by atoms with Crippen molar-refractivity contribution in [3.05, 3.63) is 0 Å². The summed E-state index contributed by atoms with van der Waals surface area (Å²) >= 11 is 1.98. The highest BCUT2D eigenvalue weighted by atomic mass is 32.2. The van der Waals surface area contributed by atoms with E-state index in [1.54, 1.807) is 0 Å². The number of rotatable bonds is 5. The smallest absolute Gasteiger partial charge is 0.222 e. The second-order valence-electron chi connectivity index (χ2n) is 5.00. The Hall–Kier alpha value is -0.260. The lowest BCUT2D eigenvalue weighted by molar-refractivity contribution is -0.125. The second kappa shape index (κ2) is 7.36. The summed E-state index contributed by atoms with van der Waals surface area (Å²) in [6.45, 7) is 4.60. The molecule has 2 rings (SSSR count). The van der Waals surface area contributed by atoms with E-state index in [4.69, 9.17) is 4.74 Å². The van der Waals surface area contributed by atoms with Gasteiger partial charge in [0.05, 0.1) is 19.1 Å². The van der Waals surface area contributed by atoms with Gasteiger partial charge in [-0.3, -0.25) is 4.79 Å². The fraction of sp³-hybridized carbons (Fsp3) is 0.923.